The molecule has 0 aliphatic heterocycles. The van der Waals surface area contributed by atoms with E-state index in [1.807, 2.05) is 27.7 Å². The highest BCUT2D eigenvalue weighted by molar-refractivity contribution is 7.89. The van der Waals surface area contributed by atoms with Crippen molar-refractivity contribution >= 4 is 15.7 Å². The first-order chi connectivity index (χ1) is 9.28. The molecule has 0 saturated heterocycles. The second kappa shape index (κ2) is 7.01. The van der Waals surface area contributed by atoms with E-state index in [-0.39, 0.29) is 16.7 Å². The summed E-state index contributed by atoms with van der Waals surface area (Å²) in [5.41, 5.74) is 2.78. The van der Waals surface area contributed by atoms with E-state index in [1.165, 1.54) is 16.7 Å². The van der Waals surface area contributed by atoms with Crippen LogP contribution in [0.2, 0.25) is 0 Å². The second-order valence-electron chi connectivity index (χ2n) is 5.63. The normalized spacial score (nSPS) is 12.4. The summed E-state index contributed by atoms with van der Waals surface area (Å²) in [4.78, 5) is 4.01. The largest absolute Gasteiger partial charge is 0.323 e. The highest BCUT2D eigenvalue weighted by Crippen LogP contribution is 2.24. The minimum absolute atomic E-state index is 0.115. The molecule has 0 radical (unpaired) electrons. The fraction of sp³-hybridized carbons (Fsp3) is 0.615. The van der Waals surface area contributed by atoms with Crippen molar-refractivity contribution in [2.75, 3.05) is 18.5 Å². The lowest BCUT2D eigenvalue weighted by atomic mass is 10.2. The molecule has 0 aliphatic carbocycles. The van der Waals surface area contributed by atoms with Crippen LogP contribution in [0.1, 0.15) is 27.7 Å². The molecule has 20 heavy (non-hydrogen) atoms. The highest BCUT2D eigenvalue weighted by Gasteiger charge is 2.28. The van der Waals surface area contributed by atoms with Gasteiger partial charge in [0.05, 0.1) is 5.69 Å². The van der Waals surface area contributed by atoms with Gasteiger partial charge in [-0.15, -0.1) is 0 Å². The van der Waals surface area contributed by atoms with Crippen LogP contribution in [0, 0.1) is 11.8 Å². The number of hydrogen-bond donors (Lipinski definition) is 2. The first-order valence-corrected chi connectivity index (χ1v) is 8.13. The van der Waals surface area contributed by atoms with Crippen LogP contribution < -0.4 is 11.3 Å². The Morgan fingerprint density at radius 3 is 2.25 bits per heavy atom. The smallest absolute Gasteiger partial charge is 0.246 e. The number of sulfonamides is 1. The van der Waals surface area contributed by atoms with E-state index < -0.39 is 10.0 Å². The van der Waals surface area contributed by atoms with Crippen LogP contribution in [0.25, 0.3) is 0 Å². The SMILES string of the molecule is CC(C)CN(CC(C)C)S(=O)(=O)c1cnccc1NN. The number of aromatic nitrogens is 1. The molecular weight excluding hydrogens is 276 g/mol. The molecule has 114 valence electrons. The first kappa shape index (κ1) is 16.9. The number of nitrogens with two attached hydrogens (primary N) is 1. The van der Waals surface area contributed by atoms with Crippen molar-refractivity contribution in [1.82, 2.24) is 9.29 Å². The van der Waals surface area contributed by atoms with Crippen LogP contribution in [0.3, 0.4) is 0 Å². The third-order valence-electron chi connectivity index (χ3n) is 2.70. The average molecular weight is 300 g/mol. The van der Waals surface area contributed by atoms with E-state index in [2.05, 4.69) is 10.4 Å². The Balaban J connectivity index is 3.21. The zero-order chi connectivity index (χ0) is 15.3. The van der Waals surface area contributed by atoms with Crippen molar-refractivity contribution in [3.8, 4) is 0 Å². The summed E-state index contributed by atoms with van der Waals surface area (Å²) in [6.07, 6.45) is 2.83. The van der Waals surface area contributed by atoms with Gasteiger partial charge in [0.15, 0.2) is 0 Å². The number of hydrazine groups is 1. The molecule has 6 nitrogen and oxygen atoms in total. The van der Waals surface area contributed by atoms with Crippen molar-refractivity contribution in [3.63, 3.8) is 0 Å². The summed E-state index contributed by atoms with van der Waals surface area (Å²) >= 11 is 0. The molecule has 0 aliphatic rings. The number of hydrogen-bond acceptors (Lipinski definition) is 5. The number of rotatable bonds is 7. The first-order valence-electron chi connectivity index (χ1n) is 6.69. The highest BCUT2D eigenvalue weighted by atomic mass is 32.2. The molecule has 0 saturated carbocycles. The third-order valence-corrected chi connectivity index (χ3v) is 4.55. The number of nitrogens with one attached hydrogen (secondary N) is 1. The molecule has 0 aromatic carbocycles. The summed E-state index contributed by atoms with van der Waals surface area (Å²) in [6, 6.07) is 1.55. The van der Waals surface area contributed by atoms with Crippen molar-refractivity contribution in [2.45, 2.75) is 32.6 Å². The van der Waals surface area contributed by atoms with Crippen LogP contribution >= 0.6 is 0 Å². The van der Waals surface area contributed by atoms with Gasteiger partial charge in [-0.3, -0.25) is 10.8 Å². The molecule has 0 amide bonds. The van der Waals surface area contributed by atoms with Crippen LogP contribution in [0.5, 0.6) is 0 Å². The zero-order valence-corrected chi connectivity index (χ0v) is 13.3. The lowest BCUT2D eigenvalue weighted by molar-refractivity contribution is 0.333. The standard InChI is InChI=1S/C13H24N4O2S/c1-10(2)8-17(9-11(3)4)20(18,19)13-7-15-6-5-12(13)16-14/h5-7,10-11H,8-9,14H2,1-4H3,(H,15,16). The number of nitrogens with zero attached hydrogens (tertiary/aromatic N) is 2. The van der Waals surface area contributed by atoms with Gasteiger partial charge < -0.3 is 5.43 Å². The Hall–Kier alpha value is -1.18. The molecule has 1 aromatic heterocycles. The van der Waals surface area contributed by atoms with Crippen LogP contribution in [-0.4, -0.2) is 30.8 Å². The van der Waals surface area contributed by atoms with Crippen LogP contribution in [0.4, 0.5) is 5.69 Å². The Kier molecular flexibility index (Phi) is 5.91. The van der Waals surface area contributed by atoms with Gasteiger partial charge in [0, 0.05) is 25.5 Å². The summed E-state index contributed by atoms with van der Waals surface area (Å²) < 4.78 is 27.0. The predicted molar refractivity (Wildman–Crippen MR) is 80.5 cm³/mol. The molecule has 3 N–H and O–H groups in total. The molecular formula is C13H24N4O2S. The Labute approximate surface area is 121 Å². The molecule has 1 heterocycles. The van der Waals surface area contributed by atoms with E-state index in [0.29, 0.717) is 18.8 Å². The van der Waals surface area contributed by atoms with E-state index in [0.717, 1.165) is 0 Å². The molecule has 0 atom stereocenters. The Morgan fingerprint density at radius 1 is 1.25 bits per heavy atom. The molecule has 1 aromatic rings. The summed E-state index contributed by atoms with van der Waals surface area (Å²) in [5, 5.41) is 0. The van der Waals surface area contributed by atoms with Crippen molar-refractivity contribution < 1.29 is 8.42 Å². The zero-order valence-electron chi connectivity index (χ0n) is 12.5. The van der Waals surface area contributed by atoms with E-state index in [1.54, 1.807) is 6.07 Å². The van der Waals surface area contributed by atoms with Gasteiger partial charge in [0.25, 0.3) is 0 Å². The second-order valence-corrected chi connectivity index (χ2v) is 7.53. The monoisotopic (exact) mass is 300 g/mol. The lowest BCUT2D eigenvalue weighted by Gasteiger charge is -2.26. The summed E-state index contributed by atoms with van der Waals surface area (Å²) in [6.45, 7) is 8.92. The third kappa shape index (κ3) is 4.16. The fourth-order valence-electron chi connectivity index (χ4n) is 1.93. The van der Waals surface area contributed by atoms with Crippen LogP contribution in [-0.2, 0) is 10.0 Å². The molecule has 0 bridgehead atoms. The Morgan fingerprint density at radius 2 is 1.80 bits per heavy atom. The van der Waals surface area contributed by atoms with E-state index in [4.69, 9.17) is 5.84 Å². The predicted octanol–water partition coefficient (Wildman–Crippen LogP) is 1.67. The summed E-state index contributed by atoms with van der Waals surface area (Å²) in [7, 11) is -3.61. The summed E-state index contributed by atoms with van der Waals surface area (Å²) in [5.74, 6) is 5.88. The van der Waals surface area contributed by atoms with Gasteiger partial charge in [-0.1, -0.05) is 27.7 Å². The van der Waals surface area contributed by atoms with Gasteiger partial charge in [-0.2, -0.15) is 4.31 Å². The molecule has 0 unspecified atom stereocenters. The number of pyridine rings is 1. The average Bonchev–Trinajstić information content (AvgIpc) is 2.36. The van der Waals surface area contributed by atoms with Gasteiger partial charge in [-0.05, 0) is 17.9 Å². The molecule has 7 heteroatoms. The molecule has 1 rings (SSSR count). The van der Waals surface area contributed by atoms with Gasteiger partial charge in [-0.25, -0.2) is 8.42 Å². The minimum atomic E-state index is -3.61. The maximum absolute atomic E-state index is 12.8. The topological polar surface area (TPSA) is 88.3 Å². The van der Waals surface area contributed by atoms with Crippen LogP contribution in [0.15, 0.2) is 23.4 Å². The van der Waals surface area contributed by atoms with E-state index >= 15 is 0 Å². The van der Waals surface area contributed by atoms with E-state index in [9.17, 15) is 8.42 Å². The minimum Gasteiger partial charge on any atom is -0.323 e. The van der Waals surface area contributed by atoms with Gasteiger partial charge in [0.2, 0.25) is 10.0 Å². The lowest BCUT2D eigenvalue weighted by Crippen LogP contribution is -2.37. The van der Waals surface area contributed by atoms with Gasteiger partial charge >= 0.3 is 0 Å². The quantitative estimate of drug-likeness (QED) is 0.590. The molecule has 0 fully saturated rings. The van der Waals surface area contributed by atoms with Gasteiger partial charge in [0.1, 0.15) is 4.90 Å². The van der Waals surface area contributed by atoms with Crippen molar-refractivity contribution in [1.29, 1.82) is 0 Å². The fourth-order valence-corrected chi connectivity index (χ4v) is 3.80. The molecule has 0 spiro atoms. The Bertz CT molecular complexity index is 519. The van der Waals surface area contributed by atoms with Crippen molar-refractivity contribution in [3.05, 3.63) is 18.5 Å². The number of nitrogen functional groups attached to an aromatic ring is 1. The van der Waals surface area contributed by atoms with Crippen molar-refractivity contribution in [2.24, 2.45) is 17.7 Å². The maximum atomic E-state index is 12.8. The maximum Gasteiger partial charge on any atom is 0.246 e. The number of anilines is 1.